The maximum atomic E-state index is 13.5. The van der Waals surface area contributed by atoms with Crippen LogP contribution in [-0.2, 0) is 32.4 Å². The Morgan fingerprint density at radius 2 is 1.69 bits per heavy atom. The van der Waals surface area contributed by atoms with Crippen molar-refractivity contribution < 1.29 is 27.5 Å². The van der Waals surface area contributed by atoms with Crippen LogP contribution in [0.4, 0.5) is 10.7 Å². The van der Waals surface area contributed by atoms with Gasteiger partial charge in [-0.2, -0.15) is 0 Å². The third-order valence-electron chi connectivity index (χ3n) is 5.79. The van der Waals surface area contributed by atoms with Crippen LogP contribution in [0.3, 0.4) is 0 Å². The summed E-state index contributed by atoms with van der Waals surface area (Å²) in [7, 11) is -1.23. The van der Waals surface area contributed by atoms with Crippen molar-refractivity contribution in [2.24, 2.45) is 0 Å². The molecule has 8 nitrogen and oxygen atoms in total. The molecule has 184 valence electrons. The minimum absolute atomic E-state index is 0.0606. The first-order chi connectivity index (χ1) is 16.8. The SMILES string of the molecule is COC(=O)c1c(NC(=O)CN(c2ccc(OC)cc2)S(=O)(=O)c2ccccc2)sc2c1CCCC2. The monoisotopic (exact) mass is 514 g/mol. The molecule has 1 heterocycles. The van der Waals surface area contributed by atoms with Crippen LogP contribution >= 0.6 is 11.3 Å². The number of benzene rings is 2. The number of amides is 1. The molecular weight excluding hydrogens is 488 g/mol. The molecule has 1 aliphatic carbocycles. The molecule has 35 heavy (non-hydrogen) atoms. The van der Waals surface area contributed by atoms with Gasteiger partial charge in [-0.3, -0.25) is 9.10 Å². The second-order valence-corrected chi connectivity index (χ2v) is 10.9. The summed E-state index contributed by atoms with van der Waals surface area (Å²) in [6.45, 7) is -0.479. The Morgan fingerprint density at radius 3 is 2.34 bits per heavy atom. The normalized spacial score (nSPS) is 13.0. The highest BCUT2D eigenvalue weighted by molar-refractivity contribution is 7.92. The summed E-state index contributed by atoms with van der Waals surface area (Å²) in [5.74, 6) is -0.519. The predicted molar refractivity (Wildman–Crippen MR) is 135 cm³/mol. The molecule has 0 aliphatic heterocycles. The first-order valence-electron chi connectivity index (χ1n) is 11.1. The quantitative estimate of drug-likeness (QED) is 0.451. The summed E-state index contributed by atoms with van der Waals surface area (Å²) < 4.78 is 38.2. The van der Waals surface area contributed by atoms with Gasteiger partial charge in [-0.15, -0.1) is 11.3 Å². The van der Waals surface area contributed by atoms with E-state index in [2.05, 4.69) is 5.32 Å². The van der Waals surface area contributed by atoms with Crippen molar-refractivity contribution in [3.8, 4) is 5.75 Å². The van der Waals surface area contributed by atoms with Gasteiger partial charge in [0.2, 0.25) is 5.91 Å². The molecule has 1 amide bonds. The van der Waals surface area contributed by atoms with Crippen molar-refractivity contribution in [3.05, 3.63) is 70.6 Å². The lowest BCUT2D eigenvalue weighted by molar-refractivity contribution is -0.114. The highest BCUT2D eigenvalue weighted by atomic mass is 32.2. The lowest BCUT2D eigenvalue weighted by atomic mass is 9.95. The highest BCUT2D eigenvalue weighted by Gasteiger charge is 2.30. The number of sulfonamides is 1. The lowest BCUT2D eigenvalue weighted by Gasteiger charge is -2.24. The van der Waals surface area contributed by atoms with Gasteiger partial charge < -0.3 is 14.8 Å². The molecule has 4 rings (SSSR count). The van der Waals surface area contributed by atoms with Gasteiger partial charge in [0.25, 0.3) is 10.0 Å². The fourth-order valence-corrected chi connectivity index (χ4v) is 6.79. The van der Waals surface area contributed by atoms with Crippen LogP contribution in [0.15, 0.2) is 59.5 Å². The number of carbonyl (C=O) groups excluding carboxylic acids is 2. The highest BCUT2D eigenvalue weighted by Crippen LogP contribution is 2.38. The number of rotatable bonds is 8. The minimum Gasteiger partial charge on any atom is -0.497 e. The lowest BCUT2D eigenvalue weighted by Crippen LogP contribution is -2.38. The van der Waals surface area contributed by atoms with Gasteiger partial charge in [0.05, 0.1) is 30.4 Å². The number of hydrogen-bond acceptors (Lipinski definition) is 7. The van der Waals surface area contributed by atoms with Crippen molar-refractivity contribution in [2.45, 2.75) is 30.6 Å². The Balaban J connectivity index is 1.67. The van der Waals surface area contributed by atoms with E-state index in [-0.39, 0.29) is 4.90 Å². The molecule has 1 N–H and O–H groups in total. The van der Waals surface area contributed by atoms with Crippen LogP contribution in [0.25, 0.3) is 0 Å². The van der Waals surface area contributed by atoms with Crippen LogP contribution in [0.2, 0.25) is 0 Å². The van der Waals surface area contributed by atoms with Crippen LogP contribution in [0.5, 0.6) is 5.75 Å². The van der Waals surface area contributed by atoms with Gasteiger partial charge >= 0.3 is 5.97 Å². The average molecular weight is 515 g/mol. The maximum Gasteiger partial charge on any atom is 0.341 e. The molecule has 0 fully saturated rings. The summed E-state index contributed by atoms with van der Waals surface area (Å²) in [5, 5.41) is 3.17. The summed E-state index contributed by atoms with van der Waals surface area (Å²) in [4.78, 5) is 26.8. The van der Waals surface area contributed by atoms with Gasteiger partial charge in [0, 0.05) is 4.88 Å². The number of esters is 1. The number of anilines is 2. The molecule has 0 atom stereocenters. The number of thiophene rings is 1. The van der Waals surface area contributed by atoms with Crippen molar-refractivity contribution in [1.29, 1.82) is 0 Å². The smallest absolute Gasteiger partial charge is 0.341 e. The van der Waals surface area contributed by atoms with Gasteiger partial charge in [0.1, 0.15) is 17.3 Å². The largest absolute Gasteiger partial charge is 0.497 e. The molecular formula is C25H26N2O6S2. The van der Waals surface area contributed by atoms with Crippen LogP contribution < -0.4 is 14.4 Å². The first kappa shape index (κ1) is 24.7. The second-order valence-electron chi connectivity index (χ2n) is 7.98. The number of carbonyl (C=O) groups is 2. The molecule has 3 aromatic rings. The van der Waals surface area contributed by atoms with E-state index >= 15 is 0 Å². The molecule has 0 bridgehead atoms. The first-order valence-corrected chi connectivity index (χ1v) is 13.4. The molecule has 1 aromatic heterocycles. The number of aryl methyl sites for hydroxylation is 1. The Labute approximate surface area is 208 Å². The second kappa shape index (κ2) is 10.5. The molecule has 0 unspecified atom stereocenters. The van der Waals surface area contributed by atoms with E-state index in [4.69, 9.17) is 9.47 Å². The van der Waals surface area contributed by atoms with Gasteiger partial charge in [-0.1, -0.05) is 18.2 Å². The third-order valence-corrected chi connectivity index (χ3v) is 8.79. The standard InChI is InChI=1S/C25H26N2O6S2/c1-32-18-14-12-17(13-15-18)27(35(30,31)19-8-4-3-5-9-19)16-22(28)26-24-23(25(29)33-2)20-10-6-7-11-21(20)34-24/h3-5,8-9,12-15H,6-7,10-11,16H2,1-2H3,(H,26,28). The van der Waals surface area contributed by atoms with E-state index in [1.54, 1.807) is 42.5 Å². The van der Waals surface area contributed by atoms with Crippen molar-refractivity contribution in [1.82, 2.24) is 0 Å². The zero-order valence-corrected chi connectivity index (χ0v) is 21.1. The maximum absolute atomic E-state index is 13.5. The van der Waals surface area contributed by atoms with Crippen molar-refractivity contribution >= 4 is 43.9 Å². The topological polar surface area (TPSA) is 102 Å². The van der Waals surface area contributed by atoms with E-state index in [1.165, 1.54) is 37.7 Å². The van der Waals surface area contributed by atoms with Crippen LogP contribution in [0, 0.1) is 0 Å². The Morgan fingerprint density at radius 1 is 1.00 bits per heavy atom. The van der Waals surface area contributed by atoms with E-state index in [9.17, 15) is 18.0 Å². The van der Waals surface area contributed by atoms with Gasteiger partial charge in [-0.05, 0) is 67.6 Å². The van der Waals surface area contributed by atoms with E-state index < -0.39 is 28.4 Å². The number of methoxy groups -OCH3 is 2. The zero-order chi connectivity index (χ0) is 25.0. The number of hydrogen-bond donors (Lipinski definition) is 1. The summed E-state index contributed by atoms with van der Waals surface area (Å²) in [5.41, 5.74) is 1.58. The van der Waals surface area contributed by atoms with E-state index in [0.29, 0.717) is 22.0 Å². The molecule has 0 saturated heterocycles. The molecule has 2 aromatic carbocycles. The molecule has 10 heteroatoms. The van der Waals surface area contributed by atoms with Crippen molar-refractivity contribution in [2.75, 3.05) is 30.4 Å². The van der Waals surface area contributed by atoms with Crippen molar-refractivity contribution in [3.63, 3.8) is 0 Å². The molecule has 0 saturated carbocycles. The fourth-order valence-electron chi connectivity index (χ4n) is 4.05. The van der Waals surface area contributed by atoms with Crippen LogP contribution in [-0.4, -0.2) is 41.1 Å². The van der Waals surface area contributed by atoms with Crippen LogP contribution in [0.1, 0.15) is 33.6 Å². The number of ether oxygens (including phenoxy) is 2. The Bertz CT molecular complexity index is 1320. The zero-order valence-electron chi connectivity index (χ0n) is 19.4. The number of fused-ring (bicyclic) bond motifs is 1. The molecule has 0 radical (unpaired) electrons. The van der Waals surface area contributed by atoms with Gasteiger partial charge in [0.15, 0.2) is 0 Å². The van der Waals surface area contributed by atoms with E-state index in [1.807, 2.05) is 0 Å². The summed E-state index contributed by atoms with van der Waals surface area (Å²) in [6, 6.07) is 14.3. The molecule has 1 aliphatic rings. The summed E-state index contributed by atoms with van der Waals surface area (Å²) in [6.07, 6.45) is 3.55. The number of nitrogens with zero attached hydrogens (tertiary/aromatic N) is 1. The predicted octanol–water partition coefficient (Wildman–Crippen LogP) is 4.26. The van der Waals surface area contributed by atoms with Gasteiger partial charge in [-0.25, -0.2) is 13.2 Å². The average Bonchev–Trinajstić information content (AvgIpc) is 3.25. The number of nitrogens with one attached hydrogen (secondary N) is 1. The molecule has 0 spiro atoms. The van der Waals surface area contributed by atoms with E-state index in [0.717, 1.165) is 40.4 Å². The third kappa shape index (κ3) is 5.18. The fraction of sp³-hybridized carbons (Fsp3) is 0.280. The Kier molecular flexibility index (Phi) is 7.42. The Hall–Kier alpha value is -3.37. The summed E-state index contributed by atoms with van der Waals surface area (Å²) >= 11 is 1.35. The minimum atomic E-state index is -4.05.